The van der Waals surface area contributed by atoms with E-state index in [-0.39, 0.29) is 5.56 Å². The molecule has 3 aromatic carbocycles. The van der Waals surface area contributed by atoms with E-state index in [1.54, 1.807) is 17.4 Å². The van der Waals surface area contributed by atoms with E-state index in [1.165, 1.54) is 4.70 Å². The van der Waals surface area contributed by atoms with Gasteiger partial charge in [0.15, 0.2) is 5.13 Å². The Morgan fingerprint density at radius 2 is 1.81 bits per heavy atom. The van der Waals surface area contributed by atoms with Gasteiger partial charge in [-0.25, -0.2) is 9.78 Å². The molecule has 0 radical (unpaired) electrons. The normalized spacial score (nSPS) is 11.1. The summed E-state index contributed by atoms with van der Waals surface area (Å²) in [5.41, 5.74) is 1.23. The fraction of sp³-hybridized carbons (Fsp3) is 0.280. The summed E-state index contributed by atoms with van der Waals surface area (Å²) in [6.45, 7) is 4.40. The van der Waals surface area contributed by atoms with Crippen molar-refractivity contribution in [2.24, 2.45) is 0 Å². The molecule has 0 bridgehead atoms. The van der Waals surface area contributed by atoms with Gasteiger partial charge in [0.1, 0.15) is 11.3 Å². The van der Waals surface area contributed by atoms with Crippen LogP contribution in [0.25, 0.3) is 21.0 Å². The minimum Gasteiger partial charge on any atom is -0.492 e. The largest absolute Gasteiger partial charge is 0.492 e. The Bertz CT molecular complexity index is 1150. The maximum Gasteiger partial charge on any atom is 0.339 e. The zero-order valence-corrected chi connectivity index (χ0v) is 18.4. The minimum absolute atomic E-state index is 0.202. The monoisotopic (exact) mass is 434 g/mol. The van der Waals surface area contributed by atoms with E-state index >= 15 is 0 Å². The molecule has 0 atom stereocenters. The molecule has 0 fully saturated rings. The summed E-state index contributed by atoms with van der Waals surface area (Å²) in [4.78, 5) is 18.8. The Morgan fingerprint density at radius 3 is 2.61 bits per heavy atom. The van der Waals surface area contributed by atoms with Gasteiger partial charge in [-0.05, 0) is 36.4 Å². The molecule has 0 aliphatic carbocycles. The fourth-order valence-electron chi connectivity index (χ4n) is 3.64. The molecule has 160 valence electrons. The van der Waals surface area contributed by atoms with Crippen LogP contribution in [0, 0.1) is 0 Å². The zero-order valence-electron chi connectivity index (χ0n) is 17.6. The lowest BCUT2D eigenvalue weighted by molar-refractivity contribution is 0.0692. The number of thiazole rings is 1. The average molecular weight is 435 g/mol. The lowest BCUT2D eigenvalue weighted by atomic mass is 10.1. The van der Waals surface area contributed by atoms with Crippen molar-refractivity contribution >= 4 is 43.4 Å². The number of benzene rings is 3. The zero-order chi connectivity index (χ0) is 21.6. The minimum atomic E-state index is -0.972. The Morgan fingerprint density at radius 1 is 1.03 bits per heavy atom. The van der Waals surface area contributed by atoms with E-state index in [2.05, 4.69) is 17.9 Å². The van der Waals surface area contributed by atoms with E-state index in [9.17, 15) is 9.90 Å². The molecule has 0 saturated carbocycles. The summed E-state index contributed by atoms with van der Waals surface area (Å²) in [5.74, 6) is -0.523. The number of ether oxygens (including phenoxy) is 1. The summed E-state index contributed by atoms with van der Waals surface area (Å²) in [7, 11) is 0. The van der Waals surface area contributed by atoms with Gasteiger partial charge in [-0.15, -0.1) is 0 Å². The quantitative estimate of drug-likeness (QED) is 0.300. The molecule has 0 aliphatic rings. The number of hydrogen-bond donors (Lipinski definition) is 1. The first-order valence-electron chi connectivity index (χ1n) is 10.7. The van der Waals surface area contributed by atoms with Crippen LogP contribution in [-0.4, -0.2) is 35.8 Å². The summed E-state index contributed by atoms with van der Waals surface area (Å²) in [5, 5.41) is 12.4. The first-order chi connectivity index (χ1) is 15.2. The lowest BCUT2D eigenvalue weighted by Crippen LogP contribution is -2.26. The standard InChI is InChI=1S/C25H26N2O3S/c1-2-3-15-27(25-26-21-11-6-7-12-22(21)31-25)16-8-17-30-23-19-10-5-4-9-18(19)13-14-20(23)24(28)29/h4-7,9-14H,2-3,8,15-17H2,1H3,(H,28,29). The third-order valence-corrected chi connectivity index (χ3v) is 6.36. The maximum absolute atomic E-state index is 11.7. The van der Waals surface area contributed by atoms with Gasteiger partial charge in [-0.3, -0.25) is 0 Å². The number of carboxylic acid groups (broad SMARTS) is 1. The number of fused-ring (bicyclic) bond motifs is 2. The van der Waals surface area contributed by atoms with Crippen LogP contribution in [0.3, 0.4) is 0 Å². The molecule has 0 aliphatic heterocycles. The topological polar surface area (TPSA) is 62.7 Å². The number of para-hydroxylation sites is 1. The number of hydrogen-bond acceptors (Lipinski definition) is 5. The molecule has 0 amide bonds. The molecule has 4 rings (SSSR count). The number of carboxylic acids is 1. The Balaban J connectivity index is 1.47. The van der Waals surface area contributed by atoms with Crippen LogP contribution in [0.4, 0.5) is 5.13 Å². The van der Waals surface area contributed by atoms with Crippen molar-refractivity contribution in [2.45, 2.75) is 26.2 Å². The average Bonchev–Trinajstić information content (AvgIpc) is 3.22. The molecular formula is C25H26N2O3S. The van der Waals surface area contributed by atoms with Gasteiger partial charge >= 0.3 is 5.97 Å². The molecule has 1 aromatic heterocycles. The highest BCUT2D eigenvalue weighted by Gasteiger charge is 2.16. The molecular weight excluding hydrogens is 408 g/mol. The van der Waals surface area contributed by atoms with Crippen molar-refractivity contribution < 1.29 is 14.6 Å². The molecule has 31 heavy (non-hydrogen) atoms. The van der Waals surface area contributed by atoms with E-state index in [0.29, 0.717) is 12.4 Å². The molecule has 0 saturated heterocycles. The summed E-state index contributed by atoms with van der Waals surface area (Å²) in [6.07, 6.45) is 3.00. The number of unbranched alkanes of at least 4 members (excludes halogenated alkanes) is 1. The Kier molecular flexibility index (Phi) is 6.67. The first kappa shape index (κ1) is 21.1. The molecule has 1 N–H and O–H groups in total. The van der Waals surface area contributed by atoms with E-state index in [1.807, 2.05) is 48.5 Å². The number of aromatic nitrogens is 1. The third kappa shape index (κ3) is 4.80. The summed E-state index contributed by atoms with van der Waals surface area (Å²) < 4.78 is 7.23. The van der Waals surface area contributed by atoms with Crippen LogP contribution in [0.2, 0.25) is 0 Å². The molecule has 6 heteroatoms. The predicted molar refractivity (Wildman–Crippen MR) is 128 cm³/mol. The van der Waals surface area contributed by atoms with Gasteiger partial charge in [0, 0.05) is 18.5 Å². The van der Waals surface area contributed by atoms with Crippen molar-refractivity contribution in [3.63, 3.8) is 0 Å². The van der Waals surface area contributed by atoms with Crippen LogP contribution in [0.5, 0.6) is 5.75 Å². The van der Waals surface area contributed by atoms with Gasteiger partial charge in [-0.2, -0.15) is 0 Å². The summed E-state index contributed by atoms with van der Waals surface area (Å²) in [6, 6.07) is 19.4. The Labute approximate surface area is 185 Å². The van der Waals surface area contributed by atoms with Crippen molar-refractivity contribution in [2.75, 3.05) is 24.6 Å². The number of aromatic carboxylic acids is 1. The number of anilines is 1. The van der Waals surface area contributed by atoms with Crippen molar-refractivity contribution in [1.82, 2.24) is 4.98 Å². The highest BCUT2D eigenvalue weighted by Crippen LogP contribution is 2.31. The maximum atomic E-state index is 11.7. The first-order valence-corrected chi connectivity index (χ1v) is 11.5. The van der Waals surface area contributed by atoms with Crippen molar-refractivity contribution in [1.29, 1.82) is 0 Å². The third-order valence-electron chi connectivity index (χ3n) is 5.26. The van der Waals surface area contributed by atoms with Crippen LogP contribution in [0.1, 0.15) is 36.5 Å². The molecule has 0 unspecified atom stereocenters. The van der Waals surface area contributed by atoms with E-state index in [0.717, 1.165) is 53.8 Å². The van der Waals surface area contributed by atoms with Gasteiger partial charge < -0.3 is 14.7 Å². The highest BCUT2D eigenvalue weighted by molar-refractivity contribution is 7.22. The molecule has 4 aromatic rings. The van der Waals surface area contributed by atoms with Gasteiger partial charge in [0.25, 0.3) is 0 Å². The van der Waals surface area contributed by atoms with E-state index in [4.69, 9.17) is 9.72 Å². The second kappa shape index (κ2) is 9.79. The second-order valence-electron chi connectivity index (χ2n) is 7.48. The molecule has 5 nitrogen and oxygen atoms in total. The fourth-order valence-corrected chi connectivity index (χ4v) is 4.66. The molecule has 1 heterocycles. The van der Waals surface area contributed by atoms with Gasteiger partial charge in [0.2, 0.25) is 0 Å². The summed E-state index contributed by atoms with van der Waals surface area (Å²) >= 11 is 1.71. The SMILES string of the molecule is CCCCN(CCCOc1c(C(=O)O)ccc2ccccc12)c1nc2ccccc2s1. The number of carbonyl (C=O) groups is 1. The van der Waals surface area contributed by atoms with Crippen LogP contribution in [0.15, 0.2) is 60.7 Å². The highest BCUT2D eigenvalue weighted by atomic mass is 32.1. The van der Waals surface area contributed by atoms with Gasteiger partial charge in [0.05, 0.1) is 16.8 Å². The second-order valence-corrected chi connectivity index (χ2v) is 8.48. The Hall–Kier alpha value is -3.12. The number of nitrogens with zero attached hydrogens (tertiary/aromatic N) is 2. The predicted octanol–water partition coefficient (Wildman–Crippen LogP) is 6.22. The van der Waals surface area contributed by atoms with Crippen molar-refractivity contribution in [3.8, 4) is 5.75 Å². The smallest absolute Gasteiger partial charge is 0.339 e. The van der Waals surface area contributed by atoms with Gasteiger partial charge in [-0.1, -0.05) is 67.1 Å². The van der Waals surface area contributed by atoms with E-state index < -0.39 is 5.97 Å². The van der Waals surface area contributed by atoms with Crippen molar-refractivity contribution in [3.05, 3.63) is 66.2 Å². The number of rotatable bonds is 10. The van der Waals surface area contributed by atoms with Crippen LogP contribution >= 0.6 is 11.3 Å². The van der Waals surface area contributed by atoms with Crippen LogP contribution < -0.4 is 9.64 Å². The molecule has 0 spiro atoms. The lowest BCUT2D eigenvalue weighted by Gasteiger charge is -2.22. The van der Waals surface area contributed by atoms with Crippen LogP contribution in [-0.2, 0) is 0 Å².